The summed E-state index contributed by atoms with van der Waals surface area (Å²) in [6, 6.07) is 5.28. The normalized spacial score (nSPS) is 18.0. The van der Waals surface area contributed by atoms with Crippen molar-refractivity contribution in [3.05, 3.63) is 18.2 Å². The lowest BCUT2D eigenvalue weighted by atomic mass is 10.1. The van der Waals surface area contributed by atoms with Gasteiger partial charge in [0.05, 0.1) is 11.4 Å². The second kappa shape index (κ2) is 2.64. The van der Waals surface area contributed by atoms with E-state index in [0.717, 1.165) is 0 Å². The van der Waals surface area contributed by atoms with E-state index in [2.05, 4.69) is 5.32 Å². The highest BCUT2D eigenvalue weighted by Crippen LogP contribution is 2.37. The number of para-hydroxylation sites is 1. The van der Waals surface area contributed by atoms with Gasteiger partial charge < -0.3 is 15.8 Å². The molecule has 74 valence electrons. The number of ether oxygens (including phenoxy) is 1. The maximum atomic E-state index is 11.5. The Balaban J connectivity index is 2.51. The lowest BCUT2D eigenvalue weighted by molar-refractivity contribution is -0.129. The number of hydrogen-bond acceptors (Lipinski definition) is 3. The number of anilines is 2. The molecule has 1 heterocycles. The Morgan fingerprint density at radius 3 is 2.86 bits per heavy atom. The summed E-state index contributed by atoms with van der Waals surface area (Å²) in [5.74, 6) is 0.396. The first kappa shape index (κ1) is 8.87. The Bertz CT molecular complexity index is 399. The molecule has 14 heavy (non-hydrogen) atoms. The summed E-state index contributed by atoms with van der Waals surface area (Å²) in [4.78, 5) is 11.5. The van der Waals surface area contributed by atoms with Crippen LogP contribution in [0.4, 0.5) is 11.4 Å². The van der Waals surface area contributed by atoms with Crippen LogP contribution in [-0.4, -0.2) is 11.5 Å². The first-order valence-corrected chi connectivity index (χ1v) is 4.40. The molecule has 0 spiro atoms. The third-order valence-electron chi connectivity index (χ3n) is 2.20. The predicted molar refractivity (Wildman–Crippen MR) is 54.2 cm³/mol. The van der Waals surface area contributed by atoms with Gasteiger partial charge >= 0.3 is 0 Å². The molecule has 0 aromatic heterocycles. The summed E-state index contributed by atoms with van der Waals surface area (Å²) in [6.45, 7) is 3.41. The van der Waals surface area contributed by atoms with Crippen LogP contribution in [0.15, 0.2) is 18.2 Å². The van der Waals surface area contributed by atoms with E-state index < -0.39 is 5.60 Å². The molecule has 0 fully saturated rings. The Labute approximate surface area is 82.1 Å². The van der Waals surface area contributed by atoms with Crippen LogP contribution >= 0.6 is 0 Å². The topological polar surface area (TPSA) is 64.3 Å². The molecule has 3 N–H and O–H groups in total. The number of amides is 1. The maximum Gasteiger partial charge on any atom is 0.268 e. The number of hydrogen-bond donors (Lipinski definition) is 2. The second-order valence-corrected chi connectivity index (χ2v) is 3.79. The fourth-order valence-electron chi connectivity index (χ4n) is 1.34. The first-order chi connectivity index (χ1) is 6.50. The lowest BCUT2D eigenvalue weighted by Crippen LogP contribution is -2.45. The van der Waals surface area contributed by atoms with E-state index in [1.165, 1.54) is 0 Å². The zero-order valence-electron chi connectivity index (χ0n) is 8.13. The van der Waals surface area contributed by atoms with Crippen molar-refractivity contribution in [1.82, 2.24) is 0 Å². The molecule has 0 bridgehead atoms. The summed E-state index contributed by atoms with van der Waals surface area (Å²) < 4.78 is 5.53. The van der Waals surface area contributed by atoms with Crippen LogP contribution in [0.5, 0.6) is 5.75 Å². The molecular formula is C10H12N2O2. The number of nitrogens with one attached hydrogen (secondary N) is 1. The average molecular weight is 192 g/mol. The SMILES string of the molecule is CC1(C)Oc2c(N)cccc2NC1=O. The molecule has 0 saturated heterocycles. The van der Waals surface area contributed by atoms with E-state index in [1.54, 1.807) is 32.0 Å². The molecule has 2 rings (SSSR count). The van der Waals surface area contributed by atoms with Gasteiger partial charge in [-0.05, 0) is 26.0 Å². The fraction of sp³-hybridized carbons (Fsp3) is 0.300. The van der Waals surface area contributed by atoms with E-state index in [9.17, 15) is 4.79 Å². The van der Waals surface area contributed by atoms with Gasteiger partial charge in [0, 0.05) is 0 Å². The van der Waals surface area contributed by atoms with Gasteiger partial charge in [0.15, 0.2) is 11.4 Å². The molecule has 1 amide bonds. The number of benzene rings is 1. The zero-order chi connectivity index (χ0) is 10.3. The van der Waals surface area contributed by atoms with Crippen molar-refractivity contribution in [3.63, 3.8) is 0 Å². The third-order valence-corrected chi connectivity index (χ3v) is 2.20. The van der Waals surface area contributed by atoms with Gasteiger partial charge in [-0.15, -0.1) is 0 Å². The second-order valence-electron chi connectivity index (χ2n) is 3.79. The fourth-order valence-corrected chi connectivity index (χ4v) is 1.34. The van der Waals surface area contributed by atoms with Crippen molar-refractivity contribution in [2.24, 2.45) is 0 Å². The van der Waals surface area contributed by atoms with Crippen LogP contribution < -0.4 is 15.8 Å². The zero-order valence-corrected chi connectivity index (χ0v) is 8.13. The van der Waals surface area contributed by atoms with Crippen LogP contribution in [0.1, 0.15) is 13.8 Å². The number of carbonyl (C=O) groups excluding carboxylic acids is 1. The molecule has 1 aromatic rings. The van der Waals surface area contributed by atoms with Crippen LogP contribution in [0, 0.1) is 0 Å². The van der Waals surface area contributed by atoms with E-state index in [-0.39, 0.29) is 5.91 Å². The lowest BCUT2D eigenvalue weighted by Gasteiger charge is -2.32. The van der Waals surface area contributed by atoms with Gasteiger partial charge in [-0.1, -0.05) is 6.07 Å². The summed E-state index contributed by atoms with van der Waals surface area (Å²) in [6.07, 6.45) is 0. The van der Waals surface area contributed by atoms with Gasteiger partial charge in [0.1, 0.15) is 0 Å². The molecular weight excluding hydrogens is 180 g/mol. The highest BCUT2D eigenvalue weighted by Gasteiger charge is 2.35. The largest absolute Gasteiger partial charge is 0.474 e. The Morgan fingerprint density at radius 1 is 1.43 bits per heavy atom. The molecule has 0 aliphatic carbocycles. The molecule has 1 aromatic carbocycles. The van der Waals surface area contributed by atoms with Crippen molar-refractivity contribution in [3.8, 4) is 5.75 Å². The number of rotatable bonds is 0. The minimum absolute atomic E-state index is 0.157. The van der Waals surface area contributed by atoms with E-state index in [4.69, 9.17) is 10.5 Å². The Hall–Kier alpha value is -1.71. The molecule has 1 aliphatic rings. The van der Waals surface area contributed by atoms with Crippen molar-refractivity contribution in [2.45, 2.75) is 19.4 Å². The van der Waals surface area contributed by atoms with E-state index in [0.29, 0.717) is 17.1 Å². The standard InChI is InChI=1S/C10H12N2O2/c1-10(2)9(13)12-7-5-3-4-6(11)8(7)14-10/h3-5H,11H2,1-2H3,(H,12,13). The predicted octanol–water partition coefficient (Wildman–Crippen LogP) is 1.38. The van der Waals surface area contributed by atoms with Crippen molar-refractivity contribution < 1.29 is 9.53 Å². The summed E-state index contributed by atoms with van der Waals surface area (Å²) in [7, 11) is 0. The first-order valence-electron chi connectivity index (χ1n) is 4.40. The molecule has 0 radical (unpaired) electrons. The Morgan fingerprint density at radius 2 is 2.14 bits per heavy atom. The van der Waals surface area contributed by atoms with Gasteiger partial charge in [-0.3, -0.25) is 4.79 Å². The minimum atomic E-state index is -0.859. The number of carbonyl (C=O) groups is 1. The van der Waals surface area contributed by atoms with Gasteiger partial charge in [0.25, 0.3) is 5.91 Å². The van der Waals surface area contributed by atoms with Gasteiger partial charge in [-0.25, -0.2) is 0 Å². The van der Waals surface area contributed by atoms with Crippen molar-refractivity contribution in [1.29, 1.82) is 0 Å². The summed E-state index contributed by atoms with van der Waals surface area (Å²) in [5, 5.41) is 2.75. The van der Waals surface area contributed by atoms with Gasteiger partial charge in [0.2, 0.25) is 0 Å². The quantitative estimate of drug-likeness (QED) is 0.610. The van der Waals surface area contributed by atoms with E-state index in [1.807, 2.05) is 0 Å². The smallest absolute Gasteiger partial charge is 0.268 e. The van der Waals surface area contributed by atoms with Crippen LogP contribution in [0.25, 0.3) is 0 Å². The molecule has 1 aliphatic heterocycles. The highest BCUT2D eigenvalue weighted by atomic mass is 16.5. The number of fused-ring (bicyclic) bond motifs is 1. The highest BCUT2D eigenvalue weighted by molar-refractivity contribution is 6.01. The molecule has 4 nitrogen and oxygen atoms in total. The number of nitrogens with two attached hydrogens (primary N) is 1. The molecule has 4 heteroatoms. The van der Waals surface area contributed by atoms with Crippen LogP contribution in [-0.2, 0) is 4.79 Å². The molecule has 0 saturated carbocycles. The average Bonchev–Trinajstić information content (AvgIpc) is 2.09. The molecule has 0 atom stereocenters. The summed E-state index contributed by atoms with van der Waals surface area (Å²) >= 11 is 0. The van der Waals surface area contributed by atoms with Gasteiger partial charge in [-0.2, -0.15) is 0 Å². The third kappa shape index (κ3) is 1.19. The number of nitrogen functional groups attached to an aromatic ring is 1. The van der Waals surface area contributed by atoms with Crippen LogP contribution in [0.2, 0.25) is 0 Å². The van der Waals surface area contributed by atoms with Crippen LogP contribution in [0.3, 0.4) is 0 Å². The van der Waals surface area contributed by atoms with E-state index >= 15 is 0 Å². The van der Waals surface area contributed by atoms with Crippen molar-refractivity contribution in [2.75, 3.05) is 11.1 Å². The summed E-state index contributed by atoms with van der Waals surface area (Å²) in [5.41, 5.74) is 6.04. The minimum Gasteiger partial charge on any atom is -0.474 e. The monoisotopic (exact) mass is 192 g/mol. The maximum absolute atomic E-state index is 11.5. The molecule has 0 unspecified atom stereocenters. The Kier molecular flexibility index (Phi) is 1.67. The van der Waals surface area contributed by atoms with Crippen molar-refractivity contribution >= 4 is 17.3 Å².